The van der Waals surface area contributed by atoms with E-state index in [4.69, 9.17) is 4.74 Å². The molecule has 0 amide bonds. The molecule has 0 radical (unpaired) electrons. The SMILES string of the molecule is CC(O)c1ccc(OCc2csc3ccccc23)cc1. The Morgan fingerprint density at radius 1 is 1.10 bits per heavy atom. The van der Waals surface area contributed by atoms with Gasteiger partial charge in [0.05, 0.1) is 6.10 Å². The lowest BCUT2D eigenvalue weighted by Crippen LogP contribution is -1.95. The molecule has 1 heterocycles. The Hall–Kier alpha value is -1.84. The van der Waals surface area contributed by atoms with E-state index in [-0.39, 0.29) is 0 Å². The highest BCUT2D eigenvalue weighted by Gasteiger charge is 2.05. The molecular formula is C17H16O2S. The first kappa shape index (κ1) is 13.2. The van der Waals surface area contributed by atoms with Gasteiger partial charge in [-0.15, -0.1) is 11.3 Å². The maximum absolute atomic E-state index is 9.47. The Morgan fingerprint density at radius 2 is 1.85 bits per heavy atom. The number of aliphatic hydroxyl groups is 1. The van der Waals surface area contributed by atoms with Gasteiger partial charge in [-0.2, -0.15) is 0 Å². The highest BCUT2D eigenvalue weighted by atomic mass is 32.1. The van der Waals surface area contributed by atoms with Gasteiger partial charge >= 0.3 is 0 Å². The maximum atomic E-state index is 9.47. The van der Waals surface area contributed by atoms with Crippen LogP contribution in [0, 0.1) is 0 Å². The third-order valence-corrected chi connectivity index (χ3v) is 4.33. The second-order valence-electron chi connectivity index (χ2n) is 4.79. The van der Waals surface area contributed by atoms with Crippen molar-refractivity contribution < 1.29 is 9.84 Å². The molecule has 3 rings (SSSR count). The van der Waals surface area contributed by atoms with Crippen molar-refractivity contribution in [2.75, 3.05) is 0 Å². The predicted molar refractivity (Wildman–Crippen MR) is 83.2 cm³/mol. The van der Waals surface area contributed by atoms with Gasteiger partial charge in [0, 0.05) is 10.3 Å². The summed E-state index contributed by atoms with van der Waals surface area (Å²) in [7, 11) is 0. The van der Waals surface area contributed by atoms with Crippen molar-refractivity contribution in [1.29, 1.82) is 0 Å². The zero-order chi connectivity index (χ0) is 13.9. The largest absolute Gasteiger partial charge is 0.489 e. The molecule has 0 saturated carbocycles. The summed E-state index contributed by atoms with van der Waals surface area (Å²) in [6.45, 7) is 2.32. The number of ether oxygens (including phenoxy) is 1. The number of hydrogen-bond donors (Lipinski definition) is 1. The Labute approximate surface area is 122 Å². The van der Waals surface area contributed by atoms with E-state index in [1.54, 1.807) is 18.3 Å². The molecular weight excluding hydrogens is 268 g/mol. The molecule has 0 aliphatic rings. The van der Waals surface area contributed by atoms with E-state index in [1.165, 1.54) is 15.6 Å². The molecule has 2 nitrogen and oxygen atoms in total. The van der Waals surface area contributed by atoms with E-state index in [2.05, 4.69) is 29.6 Å². The molecule has 0 fully saturated rings. The fourth-order valence-electron chi connectivity index (χ4n) is 2.15. The molecule has 3 aromatic rings. The monoisotopic (exact) mass is 284 g/mol. The van der Waals surface area contributed by atoms with Crippen molar-refractivity contribution in [1.82, 2.24) is 0 Å². The van der Waals surface area contributed by atoms with Gasteiger partial charge in [-0.05, 0) is 41.5 Å². The normalized spacial score (nSPS) is 12.5. The Bertz CT molecular complexity index is 698. The van der Waals surface area contributed by atoms with E-state index in [0.717, 1.165) is 11.3 Å². The third-order valence-electron chi connectivity index (χ3n) is 3.32. The highest BCUT2D eigenvalue weighted by molar-refractivity contribution is 7.17. The first-order chi connectivity index (χ1) is 9.74. The van der Waals surface area contributed by atoms with E-state index in [1.807, 2.05) is 24.3 Å². The van der Waals surface area contributed by atoms with Gasteiger partial charge in [-0.3, -0.25) is 0 Å². The van der Waals surface area contributed by atoms with Crippen LogP contribution in [0.25, 0.3) is 10.1 Å². The average molecular weight is 284 g/mol. The minimum Gasteiger partial charge on any atom is -0.489 e. The lowest BCUT2D eigenvalue weighted by molar-refractivity contribution is 0.199. The van der Waals surface area contributed by atoms with Crippen LogP contribution in [0.5, 0.6) is 5.75 Å². The molecule has 0 aliphatic heterocycles. The number of aliphatic hydroxyl groups excluding tert-OH is 1. The molecule has 1 unspecified atom stereocenters. The van der Waals surface area contributed by atoms with E-state index >= 15 is 0 Å². The number of benzene rings is 2. The van der Waals surface area contributed by atoms with Crippen LogP contribution < -0.4 is 4.74 Å². The summed E-state index contributed by atoms with van der Waals surface area (Å²) in [5.74, 6) is 0.824. The molecule has 0 saturated heterocycles. The lowest BCUT2D eigenvalue weighted by Gasteiger charge is -2.08. The fourth-order valence-corrected chi connectivity index (χ4v) is 3.10. The lowest BCUT2D eigenvalue weighted by atomic mass is 10.1. The molecule has 0 bridgehead atoms. The molecule has 1 N–H and O–H groups in total. The average Bonchev–Trinajstić information content (AvgIpc) is 2.89. The fraction of sp³-hybridized carbons (Fsp3) is 0.176. The van der Waals surface area contributed by atoms with Crippen molar-refractivity contribution in [2.45, 2.75) is 19.6 Å². The predicted octanol–water partition coefficient (Wildman–Crippen LogP) is 4.53. The summed E-state index contributed by atoms with van der Waals surface area (Å²) >= 11 is 1.74. The Morgan fingerprint density at radius 3 is 2.60 bits per heavy atom. The van der Waals surface area contributed by atoms with Crippen LogP contribution in [0.1, 0.15) is 24.2 Å². The van der Waals surface area contributed by atoms with E-state index < -0.39 is 6.10 Å². The van der Waals surface area contributed by atoms with E-state index in [9.17, 15) is 5.11 Å². The molecule has 20 heavy (non-hydrogen) atoms. The van der Waals surface area contributed by atoms with Crippen molar-refractivity contribution in [3.05, 3.63) is 65.0 Å². The third kappa shape index (κ3) is 2.69. The number of rotatable bonds is 4. The van der Waals surface area contributed by atoms with Gasteiger partial charge in [-0.1, -0.05) is 30.3 Å². The molecule has 2 aromatic carbocycles. The maximum Gasteiger partial charge on any atom is 0.119 e. The first-order valence-electron chi connectivity index (χ1n) is 6.60. The van der Waals surface area contributed by atoms with Crippen LogP contribution in [-0.4, -0.2) is 5.11 Å². The van der Waals surface area contributed by atoms with E-state index in [0.29, 0.717) is 6.61 Å². The van der Waals surface area contributed by atoms with Crippen molar-refractivity contribution in [3.8, 4) is 5.75 Å². The number of fused-ring (bicyclic) bond motifs is 1. The minimum atomic E-state index is -0.440. The van der Waals surface area contributed by atoms with Crippen LogP contribution in [0.2, 0.25) is 0 Å². The first-order valence-corrected chi connectivity index (χ1v) is 7.48. The van der Waals surface area contributed by atoms with Gasteiger partial charge in [0.1, 0.15) is 12.4 Å². The second-order valence-corrected chi connectivity index (χ2v) is 5.70. The molecule has 3 heteroatoms. The second kappa shape index (κ2) is 5.65. The van der Waals surface area contributed by atoms with Crippen LogP contribution in [0.4, 0.5) is 0 Å². The number of thiophene rings is 1. The Kier molecular flexibility index (Phi) is 3.72. The standard InChI is InChI=1S/C17H16O2S/c1-12(18)13-6-8-15(9-7-13)19-10-14-11-20-17-5-3-2-4-16(14)17/h2-9,11-12,18H,10H2,1H3. The van der Waals surface area contributed by atoms with Gasteiger partial charge < -0.3 is 9.84 Å². The summed E-state index contributed by atoms with van der Waals surface area (Å²) in [4.78, 5) is 0. The molecule has 0 spiro atoms. The van der Waals surface area contributed by atoms with Gasteiger partial charge in [0.2, 0.25) is 0 Å². The number of hydrogen-bond acceptors (Lipinski definition) is 3. The molecule has 1 atom stereocenters. The summed E-state index contributed by atoms with van der Waals surface area (Å²) in [6, 6.07) is 15.9. The zero-order valence-electron chi connectivity index (χ0n) is 11.2. The van der Waals surface area contributed by atoms with Crippen molar-refractivity contribution >= 4 is 21.4 Å². The van der Waals surface area contributed by atoms with Gasteiger partial charge in [0.25, 0.3) is 0 Å². The van der Waals surface area contributed by atoms with Crippen LogP contribution in [0.15, 0.2) is 53.9 Å². The molecule has 102 valence electrons. The summed E-state index contributed by atoms with van der Waals surface area (Å²) in [6.07, 6.45) is -0.440. The summed E-state index contributed by atoms with van der Waals surface area (Å²) in [5, 5.41) is 12.9. The Balaban J connectivity index is 1.73. The summed E-state index contributed by atoms with van der Waals surface area (Å²) < 4.78 is 7.11. The van der Waals surface area contributed by atoms with Crippen LogP contribution in [-0.2, 0) is 6.61 Å². The van der Waals surface area contributed by atoms with Crippen molar-refractivity contribution in [2.24, 2.45) is 0 Å². The smallest absolute Gasteiger partial charge is 0.119 e. The summed E-state index contributed by atoms with van der Waals surface area (Å²) in [5.41, 5.74) is 2.11. The molecule has 0 aliphatic carbocycles. The minimum absolute atomic E-state index is 0.440. The van der Waals surface area contributed by atoms with Gasteiger partial charge in [-0.25, -0.2) is 0 Å². The van der Waals surface area contributed by atoms with Crippen molar-refractivity contribution in [3.63, 3.8) is 0 Å². The zero-order valence-corrected chi connectivity index (χ0v) is 12.1. The quantitative estimate of drug-likeness (QED) is 0.762. The van der Waals surface area contributed by atoms with Crippen LogP contribution in [0.3, 0.4) is 0 Å². The highest BCUT2D eigenvalue weighted by Crippen LogP contribution is 2.27. The topological polar surface area (TPSA) is 29.5 Å². The van der Waals surface area contributed by atoms with Crippen LogP contribution >= 0.6 is 11.3 Å². The van der Waals surface area contributed by atoms with Gasteiger partial charge in [0.15, 0.2) is 0 Å². The molecule has 1 aromatic heterocycles.